The van der Waals surface area contributed by atoms with Gasteiger partial charge in [-0.15, -0.1) is 0 Å². The van der Waals surface area contributed by atoms with Gasteiger partial charge in [0.15, 0.2) is 5.82 Å². The number of aromatic nitrogens is 3. The predicted molar refractivity (Wildman–Crippen MR) is 114 cm³/mol. The number of para-hydroxylation sites is 2. The summed E-state index contributed by atoms with van der Waals surface area (Å²) in [4.78, 5) is 22.9. The Morgan fingerprint density at radius 2 is 2.13 bits per heavy atom. The number of H-pyrrole nitrogens is 1. The highest BCUT2D eigenvalue weighted by Crippen LogP contribution is 2.40. The smallest absolute Gasteiger partial charge is 0.289 e. The average Bonchev–Trinajstić information content (AvgIpc) is 3.35. The molecule has 5 rings (SSSR count). The minimum atomic E-state index is -0.00933. The third-order valence-electron chi connectivity index (χ3n) is 6.41. The van der Waals surface area contributed by atoms with Crippen LogP contribution in [0.1, 0.15) is 73.4 Å². The highest BCUT2D eigenvalue weighted by Gasteiger charge is 2.31. The zero-order chi connectivity index (χ0) is 20.5. The van der Waals surface area contributed by atoms with Crippen molar-refractivity contribution >= 4 is 16.9 Å². The molecule has 2 unspecified atom stereocenters. The van der Waals surface area contributed by atoms with Gasteiger partial charge in [-0.2, -0.15) is 0 Å². The van der Waals surface area contributed by atoms with E-state index in [1.807, 2.05) is 36.1 Å². The molecule has 2 aromatic heterocycles. The van der Waals surface area contributed by atoms with Crippen LogP contribution in [-0.2, 0) is 6.54 Å². The number of carbonyl (C=O) groups is 1. The van der Waals surface area contributed by atoms with E-state index < -0.39 is 0 Å². The van der Waals surface area contributed by atoms with Crippen LogP contribution in [0.15, 0.2) is 34.9 Å². The van der Waals surface area contributed by atoms with Crippen LogP contribution in [0.5, 0.6) is 0 Å². The summed E-state index contributed by atoms with van der Waals surface area (Å²) in [6.07, 6.45) is 6.66. The molecule has 0 aliphatic heterocycles. The van der Waals surface area contributed by atoms with Crippen LogP contribution in [0, 0.1) is 0 Å². The fourth-order valence-electron chi connectivity index (χ4n) is 4.61. The number of amides is 1. The lowest BCUT2D eigenvalue weighted by Crippen LogP contribution is -2.47. The third-order valence-corrected chi connectivity index (χ3v) is 6.41. The number of nitrogens with zero attached hydrogens (tertiary/aromatic N) is 3. The predicted octanol–water partition coefficient (Wildman–Crippen LogP) is 3.99. The van der Waals surface area contributed by atoms with Crippen LogP contribution in [0.4, 0.5) is 0 Å². The molecule has 2 N–H and O–H groups in total. The monoisotopic (exact) mass is 407 g/mol. The fraction of sp³-hybridized carbons (Fsp3) is 0.522. The van der Waals surface area contributed by atoms with Gasteiger partial charge in [0.1, 0.15) is 5.76 Å². The van der Waals surface area contributed by atoms with E-state index in [-0.39, 0.29) is 11.9 Å². The zero-order valence-electron chi connectivity index (χ0n) is 17.4. The molecule has 30 heavy (non-hydrogen) atoms. The van der Waals surface area contributed by atoms with Gasteiger partial charge in [0.05, 0.1) is 16.7 Å². The first-order valence-corrected chi connectivity index (χ1v) is 11.2. The van der Waals surface area contributed by atoms with Crippen LogP contribution in [-0.4, -0.2) is 44.6 Å². The Balaban J connectivity index is 1.22. The van der Waals surface area contributed by atoms with Crippen molar-refractivity contribution in [1.29, 1.82) is 0 Å². The van der Waals surface area contributed by atoms with Crippen LogP contribution < -0.4 is 5.32 Å². The highest BCUT2D eigenvalue weighted by atomic mass is 16.5. The molecule has 0 saturated heterocycles. The van der Waals surface area contributed by atoms with Crippen molar-refractivity contribution in [2.24, 2.45) is 0 Å². The van der Waals surface area contributed by atoms with E-state index in [0.717, 1.165) is 54.7 Å². The molecule has 2 saturated carbocycles. The fourth-order valence-corrected chi connectivity index (χ4v) is 4.61. The number of aromatic amines is 1. The number of carbonyl (C=O) groups excluding carboxylic acids is 1. The molecule has 158 valence electrons. The molecule has 3 aromatic rings. The van der Waals surface area contributed by atoms with Gasteiger partial charge in [-0.05, 0) is 57.6 Å². The van der Waals surface area contributed by atoms with E-state index in [0.29, 0.717) is 24.3 Å². The normalized spacial score (nSPS) is 21.8. The summed E-state index contributed by atoms with van der Waals surface area (Å²) >= 11 is 0. The van der Waals surface area contributed by atoms with Gasteiger partial charge in [0.25, 0.3) is 5.91 Å². The molecule has 7 heteroatoms. The van der Waals surface area contributed by atoms with Crippen molar-refractivity contribution in [2.75, 3.05) is 6.54 Å². The van der Waals surface area contributed by atoms with E-state index in [1.54, 1.807) is 0 Å². The van der Waals surface area contributed by atoms with Gasteiger partial charge in [-0.1, -0.05) is 17.3 Å². The van der Waals surface area contributed by atoms with E-state index in [9.17, 15) is 4.79 Å². The van der Waals surface area contributed by atoms with Crippen molar-refractivity contribution in [3.8, 4) is 0 Å². The Labute approximate surface area is 176 Å². The van der Waals surface area contributed by atoms with Crippen LogP contribution in [0.3, 0.4) is 0 Å². The van der Waals surface area contributed by atoms with Crippen LogP contribution in [0.2, 0.25) is 0 Å². The molecular formula is C23H29N5O2. The summed E-state index contributed by atoms with van der Waals surface area (Å²) in [5.74, 6) is 2.04. The summed E-state index contributed by atoms with van der Waals surface area (Å²) in [6, 6.07) is 10.5. The van der Waals surface area contributed by atoms with Crippen molar-refractivity contribution < 1.29 is 9.32 Å². The Bertz CT molecular complexity index is 988. The first-order chi connectivity index (χ1) is 14.7. The van der Waals surface area contributed by atoms with E-state index in [2.05, 4.69) is 26.5 Å². The van der Waals surface area contributed by atoms with Crippen LogP contribution >= 0.6 is 0 Å². The maximum absolute atomic E-state index is 13.2. The second-order valence-electron chi connectivity index (χ2n) is 8.59. The lowest BCUT2D eigenvalue weighted by Gasteiger charge is -2.37. The van der Waals surface area contributed by atoms with Crippen molar-refractivity contribution in [3.05, 3.63) is 47.6 Å². The van der Waals surface area contributed by atoms with E-state index in [1.165, 1.54) is 12.8 Å². The lowest BCUT2D eigenvalue weighted by atomic mass is 9.89. The molecule has 1 amide bonds. The van der Waals surface area contributed by atoms with Gasteiger partial charge in [-0.3, -0.25) is 4.79 Å². The first-order valence-electron chi connectivity index (χ1n) is 11.2. The van der Waals surface area contributed by atoms with Crippen molar-refractivity contribution in [1.82, 2.24) is 25.3 Å². The molecule has 2 fully saturated rings. The van der Waals surface area contributed by atoms with Gasteiger partial charge in [0.2, 0.25) is 0 Å². The topological polar surface area (TPSA) is 87.0 Å². The first kappa shape index (κ1) is 19.3. The zero-order valence-corrected chi connectivity index (χ0v) is 17.4. The summed E-state index contributed by atoms with van der Waals surface area (Å²) in [7, 11) is 0. The van der Waals surface area contributed by atoms with Gasteiger partial charge in [-0.25, -0.2) is 4.98 Å². The number of hydrogen-bond acceptors (Lipinski definition) is 5. The second-order valence-corrected chi connectivity index (χ2v) is 8.59. The summed E-state index contributed by atoms with van der Waals surface area (Å²) in [5.41, 5.74) is 2.71. The largest absolute Gasteiger partial charge is 0.361 e. The number of rotatable bonds is 7. The number of imidazole rings is 1. The molecule has 2 heterocycles. The summed E-state index contributed by atoms with van der Waals surface area (Å²) in [5, 5.41) is 7.84. The minimum absolute atomic E-state index is 0.00933. The van der Waals surface area contributed by atoms with Gasteiger partial charge >= 0.3 is 0 Å². The molecule has 0 radical (unpaired) electrons. The maximum Gasteiger partial charge on any atom is 0.289 e. The van der Waals surface area contributed by atoms with Gasteiger partial charge < -0.3 is 19.7 Å². The van der Waals surface area contributed by atoms with E-state index >= 15 is 0 Å². The van der Waals surface area contributed by atoms with Crippen molar-refractivity contribution in [2.45, 2.75) is 70.0 Å². The number of fused-ring (bicyclic) bond motifs is 1. The summed E-state index contributed by atoms with van der Waals surface area (Å²) in [6.45, 7) is 3.45. The molecule has 2 aliphatic carbocycles. The molecule has 1 aromatic carbocycles. The highest BCUT2D eigenvalue weighted by molar-refractivity contribution is 5.94. The van der Waals surface area contributed by atoms with Crippen molar-refractivity contribution in [3.63, 3.8) is 0 Å². The second kappa shape index (κ2) is 8.22. The lowest BCUT2D eigenvalue weighted by molar-refractivity contribution is 0.0617. The SMILES string of the molecule is CCN(C(=O)c1nc2ccccc2[nH]1)C1CCCC(NCc2cc(C3CC3)on2)C1. The van der Waals surface area contributed by atoms with Crippen LogP contribution in [0.25, 0.3) is 11.0 Å². The summed E-state index contributed by atoms with van der Waals surface area (Å²) < 4.78 is 5.46. The Morgan fingerprint density at radius 3 is 2.93 bits per heavy atom. The molecule has 2 aliphatic rings. The van der Waals surface area contributed by atoms with E-state index in [4.69, 9.17) is 4.52 Å². The number of nitrogens with one attached hydrogen (secondary N) is 2. The molecule has 2 atom stereocenters. The number of hydrogen-bond donors (Lipinski definition) is 2. The Hall–Kier alpha value is -2.67. The quantitative estimate of drug-likeness (QED) is 0.618. The number of benzene rings is 1. The standard InChI is InChI=1S/C23H29N5O2/c1-2-28(23(29)22-25-19-8-3-4-9-20(19)26-22)18-7-5-6-16(12-18)24-14-17-13-21(30-27-17)15-10-11-15/h3-4,8-9,13,15-16,18,24H,2,5-7,10-12,14H2,1H3,(H,25,26). The molecular weight excluding hydrogens is 378 g/mol. The molecule has 7 nitrogen and oxygen atoms in total. The minimum Gasteiger partial charge on any atom is -0.361 e. The van der Waals surface area contributed by atoms with Gasteiger partial charge in [0, 0.05) is 37.2 Å². The Morgan fingerprint density at radius 1 is 1.27 bits per heavy atom. The molecule has 0 spiro atoms. The maximum atomic E-state index is 13.2. The average molecular weight is 408 g/mol. The molecule has 0 bridgehead atoms. The third kappa shape index (κ3) is 3.99. The Kier molecular flexibility index (Phi) is 5.29.